The standard InChI is InChI=1S/C28H24ClN3O7/c1-3-38-23-15-17(13-21-26(34)31-28(36)32(27(21)35)19-7-5-4-6-8-19)14-22(29)25(23)39-16-24(33)30-18-9-11-20(37-2)12-10-18/h4-15H,3,16H2,1-2H3,(H,30,33)(H,31,34,36)/b21-13-. The first-order chi connectivity index (χ1) is 18.8. The van der Waals surface area contributed by atoms with Crippen molar-refractivity contribution in [2.45, 2.75) is 6.92 Å². The van der Waals surface area contributed by atoms with Crippen molar-refractivity contribution < 1.29 is 33.4 Å². The summed E-state index contributed by atoms with van der Waals surface area (Å²) in [7, 11) is 1.55. The number of hydrogen-bond acceptors (Lipinski definition) is 7. The molecule has 1 fully saturated rings. The zero-order valence-corrected chi connectivity index (χ0v) is 21.8. The van der Waals surface area contributed by atoms with Gasteiger partial charge in [-0.15, -0.1) is 0 Å². The van der Waals surface area contributed by atoms with E-state index in [1.54, 1.807) is 68.6 Å². The predicted molar refractivity (Wildman–Crippen MR) is 145 cm³/mol. The Morgan fingerprint density at radius 3 is 2.41 bits per heavy atom. The molecule has 4 rings (SSSR count). The number of amides is 5. The molecule has 0 aromatic heterocycles. The molecule has 0 radical (unpaired) electrons. The summed E-state index contributed by atoms with van der Waals surface area (Å²) in [5, 5.41) is 4.96. The first kappa shape index (κ1) is 27.2. The topological polar surface area (TPSA) is 123 Å². The summed E-state index contributed by atoms with van der Waals surface area (Å²) < 4.78 is 16.4. The minimum Gasteiger partial charge on any atom is -0.497 e. The van der Waals surface area contributed by atoms with Gasteiger partial charge in [0.25, 0.3) is 17.7 Å². The van der Waals surface area contributed by atoms with Crippen LogP contribution in [0.1, 0.15) is 12.5 Å². The molecule has 0 saturated carbocycles. The Kier molecular flexibility index (Phi) is 8.47. The number of para-hydroxylation sites is 1. The van der Waals surface area contributed by atoms with Crippen molar-refractivity contribution in [1.29, 1.82) is 0 Å². The van der Waals surface area contributed by atoms with Gasteiger partial charge in [-0.05, 0) is 67.1 Å². The molecule has 0 atom stereocenters. The van der Waals surface area contributed by atoms with Gasteiger partial charge in [0.2, 0.25) is 0 Å². The SMILES string of the molecule is CCOc1cc(/C=C2/C(=O)NC(=O)N(c3ccccc3)C2=O)cc(Cl)c1OCC(=O)Nc1ccc(OC)cc1. The number of halogens is 1. The van der Waals surface area contributed by atoms with Crippen LogP contribution < -0.4 is 29.7 Å². The lowest BCUT2D eigenvalue weighted by Crippen LogP contribution is -2.54. The van der Waals surface area contributed by atoms with Crippen molar-refractivity contribution in [3.05, 3.63) is 82.9 Å². The maximum absolute atomic E-state index is 13.1. The van der Waals surface area contributed by atoms with E-state index < -0.39 is 23.8 Å². The van der Waals surface area contributed by atoms with Crippen LogP contribution in [0, 0.1) is 0 Å². The fourth-order valence-corrected chi connectivity index (χ4v) is 3.99. The van der Waals surface area contributed by atoms with Crippen molar-refractivity contribution in [3.8, 4) is 17.2 Å². The third-order valence-corrected chi connectivity index (χ3v) is 5.76. The number of benzene rings is 3. The minimum absolute atomic E-state index is 0.0877. The van der Waals surface area contributed by atoms with Crippen LogP contribution in [-0.2, 0) is 14.4 Å². The number of nitrogens with one attached hydrogen (secondary N) is 2. The Morgan fingerprint density at radius 2 is 1.74 bits per heavy atom. The van der Waals surface area contributed by atoms with Gasteiger partial charge in [-0.3, -0.25) is 19.7 Å². The van der Waals surface area contributed by atoms with E-state index >= 15 is 0 Å². The number of hydrogen-bond donors (Lipinski definition) is 2. The van der Waals surface area contributed by atoms with Crippen LogP contribution in [-0.4, -0.2) is 44.1 Å². The number of carbonyl (C=O) groups excluding carboxylic acids is 4. The largest absolute Gasteiger partial charge is 0.497 e. The van der Waals surface area contributed by atoms with Crippen molar-refractivity contribution in [2.75, 3.05) is 30.5 Å². The van der Waals surface area contributed by atoms with Gasteiger partial charge in [-0.1, -0.05) is 29.8 Å². The quantitative estimate of drug-likeness (QED) is 0.299. The molecule has 0 spiro atoms. The molecule has 200 valence electrons. The van der Waals surface area contributed by atoms with E-state index in [1.807, 2.05) is 0 Å². The van der Waals surface area contributed by atoms with Gasteiger partial charge in [0.1, 0.15) is 11.3 Å². The first-order valence-corrected chi connectivity index (χ1v) is 12.2. The molecule has 10 nitrogen and oxygen atoms in total. The second kappa shape index (κ2) is 12.1. The molecule has 3 aromatic rings. The zero-order valence-electron chi connectivity index (χ0n) is 21.0. The summed E-state index contributed by atoms with van der Waals surface area (Å²) in [5.41, 5.74) is 0.938. The van der Waals surface area contributed by atoms with Crippen molar-refractivity contribution in [1.82, 2.24) is 5.32 Å². The molecule has 11 heteroatoms. The average molecular weight is 550 g/mol. The number of imide groups is 2. The second-order valence-corrected chi connectivity index (χ2v) is 8.53. The van der Waals surface area contributed by atoms with Crippen LogP contribution in [0.5, 0.6) is 17.2 Å². The van der Waals surface area contributed by atoms with Crippen LogP contribution in [0.3, 0.4) is 0 Å². The Hall–Kier alpha value is -4.83. The monoisotopic (exact) mass is 549 g/mol. The van der Waals surface area contributed by atoms with E-state index in [0.717, 1.165) is 4.90 Å². The summed E-state index contributed by atoms with van der Waals surface area (Å²) in [6.45, 7) is 1.64. The summed E-state index contributed by atoms with van der Waals surface area (Å²) in [4.78, 5) is 51.3. The van der Waals surface area contributed by atoms with Crippen LogP contribution in [0.4, 0.5) is 16.2 Å². The summed E-state index contributed by atoms with van der Waals surface area (Å²) >= 11 is 6.46. The summed E-state index contributed by atoms with van der Waals surface area (Å²) in [5.74, 6) is -1.10. The zero-order chi connectivity index (χ0) is 27.9. The molecule has 1 saturated heterocycles. The number of rotatable bonds is 9. The Bertz CT molecular complexity index is 1440. The molecule has 2 N–H and O–H groups in total. The van der Waals surface area contributed by atoms with E-state index in [2.05, 4.69) is 10.6 Å². The molecule has 3 aromatic carbocycles. The van der Waals surface area contributed by atoms with Crippen molar-refractivity contribution in [3.63, 3.8) is 0 Å². The third-order valence-electron chi connectivity index (χ3n) is 5.48. The predicted octanol–water partition coefficient (Wildman–Crippen LogP) is 4.43. The van der Waals surface area contributed by atoms with Crippen molar-refractivity contribution >= 4 is 52.8 Å². The van der Waals surface area contributed by atoms with Crippen LogP contribution in [0.2, 0.25) is 5.02 Å². The number of urea groups is 1. The van der Waals surface area contributed by atoms with E-state index in [0.29, 0.717) is 22.7 Å². The Morgan fingerprint density at radius 1 is 1.03 bits per heavy atom. The third kappa shape index (κ3) is 6.36. The van der Waals surface area contributed by atoms with Crippen LogP contribution in [0.15, 0.2) is 72.3 Å². The number of methoxy groups -OCH3 is 1. The highest BCUT2D eigenvalue weighted by molar-refractivity contribution is 6.39. The highest BCUT2D eigenvalue weighted by Gasteiger charge is 2.36. The molecule has 39 heavy (non-hydrogen) atoms. The van der Waals surface area contributed by atoms with Gasteiger partial charge in [-0.25, -0.2) is 9.69 Å². The van der Waals surface area contributed by atoms with Gasteiger partial charge in [0.05, 0.1) is 24.4 Å². The summed E-state index contributed by atoms with van der Waals surface area (Å²) in [6.07, 6.45) is 1.30. The molecule has 1 aliphatic rings. The number of carbonyl (C=O) groups is 4. The fourth-order valence-electron chi connectivity index (χ4n) is 3.72. The van der Waals surface area contributed by atoms with Gasteiger partial charge in [-0.2, -0.15) is 0 Å². The van der Waals surface area contributed by atoms with Gasteiger partial charge < -0.3 is 19.5 Å². The number of barbiturate groups is 1. The van der Waals surface area contributed by atoms with Crippen LogP contribution >= 0.6 is 11.6 Å². The van der Waals surface area contributed by atoms with Crippen molar-refractivity contribution in [2.24, 2.45) is 0 Å². The lowest BCUT2D eigenvalue weighted by atomic mass is 10.1. The second-order valence-electron chi connectivity index (χ2n) is 8.12. The Labute approximate surface area is 229 Å². The molecule has 1 heterocycles. The Balaban J connectivity index is 1.55. The maximum Gasteiger partial charge on any atom is 0.335 e. The fraction of sp³-hybridized carbons (Fsp3) is 0.143. The highest BCUT2D eigenvalue weighted by Crippen LogP contribution is 2.37. The number of nitrogens with zero attached hydrogens (tertiary/aromatic N) is 1. The molecule has 5 amide bonds. The maximum atomic E-state index is 13.1. The average Bonchev–Trinajstić information content (AvgIpc) is 2.91. The molecule has 0 unspecified atom stereocenters. The molecule has 0 aliphatic carbocycles. The van der Waals surface area contributed by atoms with Crippen LogP contribution in [0.25, 0.3) is 6.08 Å². The van der Waals surface area contributed by atoms with Gasteiger partial charge in [0.15, 0.2) is 18.1 Å². The lowest BCUT2D eigenvalue weighted by Gasteiger charge is -2.26. The smallest absolute Gasteiger partial charge is 0.335 e. The van der Waals surface area contributed by atoms with E-state index in [-0.39, 0.29) is 35.3 Å². The van der Waals surface area contributed by atoms with E-state index in [1.165, 1.54) is 18.2 Å². The molecular formula is C28H24ClN3O7. The van der Waals surface area contributed by atoms with Gasteiger partial charge in [0, 0.05) is 5.69 Å². The first-order valence-electron chi connectivity index (χ1n) is 11.8. The number of anilines is 2. The molecule has 1 aliphatic heterocycles. The van der Waals surface area contributed by atoms with E-state index in [4.69, 9.17) is 25.8 Å². The molecule has 0 bridgehead atoms. The van der Waals surface area contributed by atoms with Gasteiger partial charge >= 0.3 is 6.03 Å². The lowest BCUT2D eigenvalue weighted by molar-refractivity contribution is -0.122. The highest BCUT2D eigenvalue weighted by atomic mass is 35.5. The summed E-state index contributed by atoms with van der Waals surface area (Å²) in [6, 6.07) is 17.1. The van der Waals surface area contributed by atoms with E-state index in [9.17, 15) is 19.2 Å². The minimum atomic E-state index is -0.849. The number of ether oxygens (including phenoxy) is 3. The normalized spacial score (nSPS) is 14.2. The molecular weight excluding hydrogens is 526 g/mol.